The second kappa shape index (κ2) is 6.79. The van der Waals surface area contributed by atoms with Crippen molar-refractivity contribution in [3.8, 4) is 0 Å². The molecule has 8 heteroatoms. The summed E-state index contributed by atoms with van der Waals surface area (Å²) in [5.74, 6) is -0.223. The van der Waals surface area contributed by atoms with Crippen LogP contribution in [0.4, 0.5) is 0 Å². The quantitative estimate of drug-likeness (QED) is 0.632. The maximum Gasteiger partial charge on any atom is 0.250 e. The molecule has 0 bridgehead atoms. The van der Waals surface area contributed by atoms with Gasteiger partial charge in [-0.25, -0.2) is 8.42 Å². The summed E-state index contributed by atoms with van der Waals surface area (Å²) < 4.78 is 28.4. The van der Waals surface area contributed by atoms with Crippen molar-refractivity contribution in [1.82, 2.24) is 9.71 Å². The Balaban J connectivity index is 1.87. The van der Waals surface area contributed by atoms with E-state index in [1.807, 2.05) is 30.5 Å². The van der Waals surface area contributed by atoms with Crippen LogP contribution in [0.2, 0.25) is 0 Å². The Hall–Kier alpha value is -1.48. The van der Waals surface area contributed by atoms with Crippen LogP contribution < -0.4 is 4.72 Å². The number of fused-ring (bicyclic) bond motifs is 1. The van der Waals surface area contributed by atoms with E-state index in [4.69, 9.17) is 0 Å². The number of hydrogen-bond donors (Lipinski definition) is 2. The van der Waals surface area contributed by atoms with Crippen molar-refractivity contribution >= 4 is 54.0 Å². The van der Waals surface area contributed by atoms with E-state index in [9.17, 15) is 13.2 Å². The second-order valence-corrected chi connectivity index (χ2v) is 9.81. The van der Waals surface area contributed by atoms with E-state index >= 15 is 0 Å². The highest BCUT2D eigenvalue weighted by atomic mass is 79.9. The highest BCUT2D eigenvalue weighted by molar-refractivity contribution is 9.11. The number of H-pyrrole nitrogens is 1. The maximum atomic E-state index is 12.5. The van der Waals surface area contributed by atoms with Gasteiger partial charge in [0.15, 0.2) is 0 Å². The minimum atomic E-state index is -3.73. The number of thiophene rings is 1. The van der Waals surface area contributed by atoms with Gasteiger partial charge >= 0.3 is 0 Å². The van der Waals surface area contributed by atoms with Crippen LogP contribution in [0.15, 0.2) is 50.6 Å². The number of aromatic amines is 1. The molecule has 24 heavy (non-hydrogen) atoms. The van der Waals surface area contributed by atoms with Gasteiger partial charge in [-0.1, -0.05) is 18.2 Å². The zero-order valence-electron chi connectivity index (χ0n) is 12.7. The van der Waals surface area contributed by atoms with Gasteiger partial charge in [0, 0.05) is 17.1 Å². The molecule has 5 nitrogen and oxygen atoms in total. The van der Waals surface area contributed by atoms with E-state index < -0.39 is 16.1 Å². The summed E-state index contributed by atoms with van der Waals surface area (Å²) in [5.41, 5.74) is 1.86. The summed E-state index contributed by atoms with van der Waals surface area (Å²) in [6.45, 7) is 1.40. The Morgan fingerprint density at radius 3 is 2.71 bits per heavy atom. The zero-order valence-corrected chi connectivity index (χ0v) is 16.0. The Labute approximate surface area is 152 Å². The number of ketones is 1. The summed E-state index contributed by atoms with van der Waals surface area (Å²) in [5, 5.41) is 0.988. The molecule has 1 unspecified atom stereocenters. The molecule has 1 atom stereocenters. The third kappa shape index (κ3) is 3.61. The molecule has 0 saturated carbocycles. The Morgan fingerprint density at radius 2 is 2.04 bits per heavy atom. The lowest BCUT2D eigenvalue weighted by Crippen LogP contribution is -2.40. The number of nitrogens with one attached hydrogen (secondary N) is 2. The number of hydrogen-bond acceptors (Lipinski definition) is 4. The standard InChI is InChI=1S/C16H15BrN2O3S2/c1-10(20)14(19-24(21,22)16-7-6-15(17)23-16)8-11-9-18-13-5-3-2-4-12(11)13/h2-7,9,14,18-19H,8H2,1H3. The SMILES string of the molecule is CC(=O)C(Cc1c[nH]c2ccccc12)NS(=O)(=O)c1ccc(Br)s1. The lowest BCUT2D eigenvalue weighted by molar-refractivity contribution is -0.118. The van der Waals surface area contributed by atoms with Gasteiger partial charge in [-0.15, -0.1) is 11.3 Å². The first kappa shape index (κ1) is 17.3. The first-order chi connectivity index (χ1) is 11.4. The highest BCUT2D eigenvalue weighted by Crippen LogP contribution is 2.26. The molecule has 2 N–H and O–H groups in total. The fraction of sp³-hybridized carbons (Fsp3) is 0.188. The van der Waals surface area contributed by atoms with E-state index in [1.165, 1.54) is 13.0 Å². The Kier molecular flexibility index (Phi) is 4.91. The number of carbonyl (C=O) groups excluding carboxylic acids is 1. The molecular formula is C16H15BrN2O3S2. The normalized spacial score (nSPS) is 13.2. The van der Waals surface area contributed by atoms with Gasteiger partial charge in [0.05, 0.1) is 9.83 Å². The lowest BCUT2D eigenvalue weighted by Gasteiger charge is -2.15. The van der Waals surface area contributed by atoms with E-state index in [0.29, 0.717) is 6.42 Å². The molecule has 0 saturated heterocycles. The Bertz CT molecular complexity index is 992. The third-order valence-corrected chi connectivity index (χ3v) is 7.29. The van der Waals surface area contributed by atoms with Gasteiger partial charge in [0.2, 0.25) is 0 Å². The van der Waals surface area contributed by atoms with Crippen LogP contribution >= 0.6 is 27.3 Å². The number of sulfonamides is 1. The maximum absolute atomic E-state index is 12.5. The minimum Gasteiger partial charge on any atom is -0.361 e. The van der Waals surface area contributed by atoms with Crippen LogP contribution in [0, 0.1) is 0 Å². The average molecular weight is 427 g/mol. The Morgan fingerprint density at radius 1 is 1.29 bits per heavy atom. The molecule has 3 aromatic rings. The topological polar surface area (TPSA) is 79.0 Å². The molecular weight excluding hydrogens is 412 g/mol. The molecule has 0 radical (unpaired) electrons. The van der Waals surface area contributed by atoms with Gasteiger partial charge in [-0.05, 0) is 53.0 Å². The molecule has 0 aliphatic rings. The average Bonchev–Trinajstić information content (AvgIpc) is 3.14. The molecule has 126 valence electrons. The van der Waals surface area contributed by atoms with Crippen LogP contribution in [0.5, 0.6) is 0 Å². The van der Waals surface area contributed by atoms with Gasteiger partial charge in [-0.3, -0.25) is 4.79 Å². The fourth-order valence-electron chi connectivity index (χ4n) is 2.48. The smallest absolute Gasteiger partial charge is 0.250 e. The lowest BCUT2D eigenvalue weighted by atomic mass is 10.0. The minimum absolute atomic E-state index is 0.180. The number of para-hydroxylation sites is 1. The third-order valence-electron chi connectivity index (χ3n) is 3.70. The van der Waals surface area contributed by atoms with Gasteiger partial charge in [0.1, 0.15) is 9.99 Å². The number of halogens is 1. The van der Waals surface area contributed by atoms with Crippen molar-refractivity contribution in [2.24, 2.45) is 0 Å². The van der Waals surface area contributed by atoms with Crippen molar-refractivity contribution in [2.45, 2.75) is 23.6 Å². The van der Waals surface area contributed by atoms with Crippen molar-refractivity contribution in [3.63, 3.8) is 0 Å². The molecule has 2 heterocycles. The molecule has 3 rings (SSSR count). The van der Waals surface area contributed by atoms with Gasteiger partial charge in [-0.2, -0.15) is 4.72 Å². The number of Topliss-reactive ketones (excluding diaryl/α,β-unsaturated/α-hetero) is 1. The summed E-state index contributed by atoms with van der Waals surface area (Å²) in [4.78, 5) is 15.1. The molecule has 0 fully saturated rings. The van der Waals surface area contributed by atoms with Crippen LogP contribution in [-0.2, 0) is 21.2 Å². The summed E-state index contributed by atoms with van der Waals surface area (Å²) in [6.07, 6.45) is 2.11. The monoisotopic (exact) mass is 426 g/mol. The number of benzene rings is 1. The highest BCUT2D eigenvalue weighted by Gasteiger charge is 2.25. The molecule has 0 amide bonds. The largest absolute Gasteiger partial charge is 0.361 e. The predicted octanol–water partition coefficient (Wildman–Crippen LogP) is 3.47. The van der Waals surface area contributed by atoms with E-state index in [1.54, 1.807) is 6.07 Å². The van der Waals surface area contributed by atoms with Crippen molar-refractivity contribution in [2.75, 3.05) is 0 Å². The van der Waals surface area contributed by atoms with Crippen LogP contribution in [0.1, 0.15) is 12.5 Å². The predicted molar refractivity (Wildman–Crippen MR) is 98.8 cm³/mol. The molecule has 2 aromatic heterocycles. The molecule has 0 aliphatic heterocycles. The first-order valence-electron chi connectivity index (χ1n) is 7.20. The van der Waals surface area contributed by atoms with Crippen molar-refractivity contribution in [3.05, 3.63) is 51.9 Å². The van der Waals surface area contributed by atoms with Crippen molar-refractivity contribution in [1.29, 1.82) is 0 Å². The van der Waals surface area contributed by atoms with Crippen LogP contribution in [0.3, 0.4) is 0 Å². The number of rotatable bonds is 6. The molecule has 0 spiro atoms. The zero-order chi connectivity index (χ0) is 17.3. The van der Waals surface area contributed by atoms with Gasteiger partial charge < -0.3 is 4.98 Å². The van der Waals surface area contributed by atoms with E-state index in [0.717, 1.165) is 31.6 Å². The van der Waals surface area contributed by atoms with E-state index in [2.05, 4.69) is 25.6 Å². The van der Waals surface area contributed by atoms with E-state index in [-0.39, 0.29) is 9.99 Å². The first-order valence-corrected chi connectivity index (χ1v) is 10.3. The summed E-state index contributed by atoms with van der Waals surface area (Å²) in [7, 11) is -3.73. The molecule has 0 aliphatic carbocycles. The second-order valence-electron chi connectivity index (χ2n) is 5.41. The van der Waals surface area contributed by atoms with Crippen LogP contribution in [0.25, 0.3) is 10.9 Å². The molecule has 1 aromatic carbocycles. The number of carbonyl (C=O) groups is 1. The fourth-order valence-corrected chi connectivity index (χ4v) is 5.76. The number of aromatic nitrogens is 1. The summed E-state index contributed by atoms with van der Waals surface area (Å²) in [6, 6.07) is 10.1. The van der Waals surface area contributed by atoms with Crippen molar-refractivity contribution < 1.29 is 13.2 Å². The van der Waals surface area contributed by atoms with Crippen LogP contribution in [-0.4, -0.2) is 25.2 Å². The van der Waals surface area contributed by atoms with Gasteiger partial charge in [0.25, 0.3) is 10.0 Å². The summed E-state index contributed by atoms with van der Waals surface area (Å²) >= 11 is 4.36.